The van der Waals surface area contributed by atoms with E-state index >= 15 is 0 Å². The molecule has 1 fully saturated rings. The number of aromatic nitrogens is 3. The maximum absolute atomic E-state index is 13.0. The number of carbonyl (C=O) groups excluding carboxylic acids is 1. The van der Waals surface area contributed by atoms with E-state index in [4.69, 9.17) is 0 Å². The average Bonchev–Trinajstić information content (AvgIpc) is 3.34. The molecule has 8 heteroatoms. The molecular formula is C23H30N6OS. The van der Waals surface area contributed by atoms with E-state index in [1.54, 1.807) is 11.3 Å². The molecule has 31 heavy (non-hydrogen) atoms. The van der Waals surface area contributed by atoms with Crippen LogP contribution in [0.25, 0.3) is 0 Å². The van der Waals surface area contributed by atoms with Gasteiger partial charge in [-0.2, -0.15) is 5.26 Å². The molecule has 3 aliphatic rings. The number of nitrogens with one attached hydrogen (secondary N) is 1. The van der Waals surface area contributed by atoms with E-state index < -0.39 is 0 Å². The quantitative estimate of drug-likeness (QED) is 0.730. The van der Waals surface area contributed by atoms with Gasteiger partial charge >= 0.3 is 0 Å². The number of hydrogen-bond donors (Lipinski definition) is 1. The van der Waals surface area contributed by atoms with E-state index in [1.165, 1.54) is 42.5 Å². The van der Waals surface area contributed by atoms with Crippen LogP contribution < -0.4 is 5.32 Å². The third-order valence-electron chi connectivity index (χ3n) is 6.93. The van der Waals surface area contributed by atoms with Crippen molar-refractivity contribution in [1.29, 1.82) is 5.26 Å². The number of nitrogens with zero attached hydrogens (tertiary/aromatic N) is 5. The molecule has 1 N–H and O–H groups in total. The van der Waals surface area contributed by atoms with Crippen molar-refractivity contribution < 1.29 is 4.79 Å². The minimum absolute atomic E-state index is 0.0320. The molecule has 1 atom stereocenters. The number of hydrogen-bond acceptors (Lipinski definition) is 6. The van der Waals surface area contributed by atoms with E-state index in [9.17, 15) is 10.1 Å². The van der Waals surface area contributed by atoms with Gasteiger partial charge in [0.1, 0.15) is 22.7 Å². The minimum atomic E-state index is -0.0320. The summed E-state index contributed by atoms with van der Waals surface area (Å²) < 4.78 is 2.30. The van der Waals surface area contributed by atoms with Gasteiger partial charge in [-0.05, 0) is 63.5 Å². The minimum Gasteiger partial charge on any atom is -0.315 e. The van der Waals surface area contributed by atoms with Crippen molar-refractivity contribution in [2.24, 2.45) is 0 Å². The Labute approximate surface area is 187 Å². The van der Waals surface area contributed by atoms with E-state index in [2.05, 4.69) is 31.1 Å². The molecule has 0 saturated carbocycles. The lowest BCUT2D eigenvalue weighted by Crippen LogP contribution is -2.34. The Hall–Kier alpha value is -2.24. The molecule has 0 spiro atoms. The lowest BCUT2D eigenvalue weighted by Gasteiger charge is -2.23. The largest absolute Gasteiger partial charge is 0.315 e. The van der Waals surface area contributed by atoms with Gasteiger partial charge in [-0.3, -0.25) is 9.69 Å². The highest BCUT2D eigenvalue weighted by Crippen LogP contribution is 2.37. The molecule has 2 aliphatic heterocycles. The van der Waals surface area contributed by atoms with Gasteiger partial charge < -0.3 is 9.88 Å². The molecule has 1 amide bonds. The van der Waals surface area contributed by atoms with Crippen molar-refractivity contribution in [2.45, 2.75) is 83.2 Å². The van der Waals surface area contributed by atoms with Gasteiger partial charge in [0, 0.05) is 17.8 Å². The molecule has 0 bridgehead atoms. The summed E-state index contributed by atoms with van der Waals surface area (Å²) in [6, 6.07) is 2.52. The highest BCUT2D eigenvalue weighted by molar-refractivity contribution is 7.16. The second kappa shape index (κ2) is 9.09. The first-order chi connectivity index (χ1) is 15.2. The molecule has 7 nitrogen and oxygen atoms in total. The Bertz CT molecular complexity index is 1000. The number of rotatable bonds is 4. The summed E-state index contributed by atoms with van der Waals surface area (Å²) in [7, 11) is 0. The molecule has 1 unspecified atom stereocenters. The van der Waals surface area contributed by atoms with Gasteiger partial charge in [0.05, 0.1) is 18.2 Å². The third-order valence-corrected chi connectivity index (χ3v) is 8.14. The Morgan fingerprint density at radius 3 is 2.81 bits per heavy atom. The van der Waals surface area contributed by atoms with Crippen LogP contribution in [0.5, 0.6) is 0 Å². The van der Waals surface area contributed by atoms with E-state index in [0.717, 1.165) is 68.3 Å². The van der Waals surface area contributed by atoms with Crippen molar-refractivity contribution in [1.82, 2.24) is 19.7 Å². The Morgan fingerprint density at radius 1 is 1.06 bits per heavy atom. The predicted molar refractivity (Wildman–Crippen MR) is 120 cm³/mol. The standard InChI is InChI=1S/C23H30N6OS/c24-14-17-16-8-3-1-4-10-19(16)31-23(17)25-21(30)15-28-12-7-9-18(28)22-27-26-20-11-5-2-6-13-29(20)22/h18H,1-13,15H2,(H,25,30). The highest BCUT2D eigenvalue weighted by Gasteiger charge is 2.33. The lowest BCUT2D eigenvalue weighted by molar-refractivity contribution is -0.117. The number of likely N-dealkylation sites (tertiary alicyclic amines) is 1. The summed E-state index contributed by atoms with van der Waals surface area (Å²) >= 11 is 1.61. The van der Waals surface area contributed by atoms with Crippen molar-refractivity contribution in [3.63, 3.8) is 0 Å². The molecule has 4 heterocycles. The number of anilines is 1. The average molecular weight is 439 g/mol. The summed E-state index contributed by atoms with van der Waals surface area (Å²) in [6.45, 7) is 2.22. The first-order valence-corrected chi connectivity index (χ1v) is 12.6. The molecule has 164 valence electrons. The number of aryl methyl sites for hydroxylation is 2. The maximum atomic E-state index is 13.0. The monoisotopic (exact) mass is 438 g/mol. The lowest BCUT2D eigenvalue weighted by atomic mass is 10.1. The fraction of sp³-hybridized carbons (Fsp3) is 0.652. The van der Waals surface area contributed by atoms with Crippen molar-refractivity contribution in [2.75, 3.05) is 18.4 Å². The normalized spacial score (nSPS) is 21.6. The van der Waals surface area contributed by atoms with Crippen LogP contribution >= 0.6 is 11.3 Å². The molecule has 2 aromatic heterocycles. The Balaban J connectivity index is 1.30. The highest BCUT2D eigenvalue weighted by atomic mass is 32.1. The zero-order chi connectivity index (χ0) is 21.2. The van der Waals surface area contributed by atoms with Gasteiger partial charge in [-0.15, -0.1) is 21.5 Å². The fourth-order valence-electron chi connectivity index (χ4n) is 5.36. The zero-order valence-electron chi connectivity index (χ0n) is 18.0. The van der Waals surface area contributed by atoms with Crippen LogP contribution in [0.15, 0.2) is 0 Å². The molecule has 5 rings (SSSR count). The topological polar surface area (TPSA) is 86.8 Å². The van der Waals surface area contributed by atoms with Gasteiger partial charge in [0.15, 0.2) is 0 Å². The Morgan fingerprint density at radius 2 is 1.90 bits per heavy atom. The molecular weight excluding hydrogens is 408 g/mol. The van der Waals surface area contributed by atoms with Crippen LogP contribution in [0.3, 0.4) is 0 Å². The van der Waals surface area contributed by atoms with Crippen LogP contribution in [0.1, 0.15) is 85.1 Å². The van der Waals surface area contributed by atoms with E-state index in [-0.39, 0.29) is 11.9 Å². The van der Waals surface area contributed by atoms with Crippen molar-refractivity contribution in [3.05, 3.63) is 27.7 Å². The number of carbonyl (C=O) groups is 1. The molecule has 1 aliphatic carbocycles. The van der Waals surface area contributed by atoms with Gasteiger partial charge in [-0.1, -0.05) is 12.8 Å². The van der Waals surface area contributed by atoms with Gasteiger partial charge in [0.25, 0.3) is 0 Å². The smallest absolute Gasteiger partial charge is 0.239 e. The third kappa shape index (κ3) is 4.13. The first-order valence-electron chi connectivity index (χ1n) is 11.7. The Kier molecular flexibility index (Phi) is 6.06. The number of fused-ring (bicyclic) bond motifs is 2. The molecule has 0 radical (unpaired) electrons. The first kappa shape index (κ1) is 20.7. The van der Waals surface area contributed by atoms with Gasteiger partial charge in [-0.25, -0.2) is 0 Å². The van der Waals surface area contributed by atoms with Crippen LogP contribution in [0.2, 0.25) is 0 Å². The van der Waals surface area contributed by atoms with Gasteiger partial charge in [0.2, 0.25) is 5.91 Å². The maximum Gasteiger partial charge on any atom is 0.239 e. The van der Waals surface area contributed by atoms with Crippen molar-refractivity contribution >= 4 is 22.2 Å². The van der Waals surface area contributed by atoms with E-state index in [1.807, 2.05) is 0 Å². The summed E-state index contributed by atoms with van der Waals surface area (Å²) in [5, 5.41) is 22.6. The second-order valence-corrected chi connectivity index (χ2v) is 10.1. The summed E-state index contributed by atoms with van der Waals surface area (Å²) in [4.78, 5) is 16.5. The summed E-state index contributed by atoms with van der Waals surface area (Å²) in [5.41, 5.74) is 1.86. The second-order valence-electron chi connectivity index (χ2n) is 8.99. The molecule has 2 aromatic rings. The van der Waals surface area contributed by atoms with E-state index in [0.29, 0.717) is 12.1 Å². The molecule has 0 aromatic carbocycles. The predicted octanol–water partition coefficient (Wildman–Crippen LogP) is 3.98. The van der Waals surface area contributed by atoms with Crippen LogP contribution in [-0.2, 0) is 30.6 Å². The van der Waals surface area contributed by atoms with Crippen molar-refractivity contribution in [3.8, 4) is 6.07 Å². The van der Waals surface area contributed by atoms with Crippen LogP contribution in [-0.4, -0.2) is 38.7 Å². The summed E-state index contributed by atoms with van der Waals surface area (Å²) in [5.74, 6) is 2.10. The number of amides is 1. The fourth-order valence-corrected chi connectivity index (χ4v) is 6.62. The zero-order valence-corrected chi connectivity index (χ0v) is 18.8. The number of thiophene rings is 1. The van der Waals surface area contributed by atoms with Crippen LogP contribution in [0.4, 0.5) is 5.00 Å². The SMILES string of the molecule is N#Cc1c(NC(=O)CN2CCCC2c2nnc3n2CCCCC3)sc2c1CCCCC2. The molecule has 1 saturated heterocycles. The van der Waals surface area contributed by atoms with Crippen LogP contribution in [0, 0.1) is 11.3 Å². The number of nitriles is 1. The summed E-state index contributed by atoms with van der Waals surface area (Å²) in [6.07, 6.45) is 12.2.